The smallest absolute Gasteiger partial charge is 0.230 e. The van der Waals surface area contributed by atoms with E-state index in [0.717, 1.165) is 5.56 Å². The lowest BCUT2D eigenvalue weighted by Gasteiger charge is -2.00. The minimum Gasteiger partial charge on any atom is -0.294 e. The summed E-state index contributed by atoms with van der Waals surface area (Å²) in [6, 6.07) is 0. The van der Waals surface area contributed by atoms with Gasteiger partial charge >= 0.3 is 0 Å². The first-order valence-electron chi connectivity index (χ1n) is 3.92. The van der Waals surface area contributed by atoms with E-state index < -0.39 is 0 Å². The number of anilines is 1. The Morgan fingerprint density at radius 3 is 2.77 bits per heavy atom. The minimum atomic E-state index is -0.154. The summed E-state index contributed by atoms with van der Waals surface area (Å²) in [7, 11) is 0. The molecule has 0 bridgehead atoms. The molecule has 0 radical (unpaired) electrons. The molecule has 0 saturated heterocycles. The van der Waals surface area contributed by atoms with Gasteiger partial charge in [0.2, 0.25) is 11.9 Å². The van der Waals surface area contributed by atoms with Crippen LogP contribution in [-0.2, 0) is 4.79 Å². The van der Waals surface area contributed by atoms with E-state index in [-0.39, 0.29) is 12.3 Å². The molecule has 0 saturated carbocycles. The zero-order chi connectivity index (χ0) is 9.68. The Hall–Kier alpha value is -1.71. The van der Waals surface area contributed by atoms with Gasteiger partial charge in [-0.25, -0.2) is 9.97 Å². The van der Waals surface area contributed by atoms with Crippen LogP contribution in [0.4, 0.5) is 5.95 Å². The maximum absolute atomic E-state index is 11.0. The van der Waals surface area contributed by atoms with E-state index in [1.165, 1.54) is 6.08 Å². The monoisotopic (exact) mass is 177 g/mol. The molecule has 1 amide bonds. The van der Waals surface area contributed by atoms with E-state index >= 15 is 0 Å². The van der Waals surface area contributed by atoms with Crippen molar-refractivity contribution in [2.24, 2.45) is 0 Å². The van der Waals surface area contributed by atoms with Crippen molar-refractivity contribution in [1.29, 1.82) is 0 Å². The molecule has 68 valence electrons. The molecule has 1 aromatic heterocycles. The largest absolute Gasteiger partial charge is 0.294 e. The molecule has 0 aromatic carbocycles. The first-order chi connectivity index (χ1) is 6.22. The third-order valence-electron chi connectivity index (χ3n) is 1.36. The van der Waals surface area contributed by atoms with Crippen LogP contribution >= 0.6 is 0 Å². The molecule has 4 nitrogen and oxygen atoms in total. The second-order valence-corrected chi connectivity index (χ2v) is 2.62. The number of amides is 1. The maximum atomic E-state index is 11.0. The molecule has 4 heteroatoms. The quantitative estimate of drug-likeness (QED) is 0.708. The van der Waals surface area contributed by atoms with E-state index in [0.29, 0.717) is 5.95 Å². The third kappa shape index (κ3) is 3.02. The molecule has 1 aromatic rings. The summed E-state index contributed by atoms with van der Waals surface area (Å²) < 4.78 is 0. The lowest BCUT2D eigenvalue weighted by Crippen LogP contribution is -2.12. The summed E-state index contributed by atoms with van der Waals surface area (Å²) in [6.45, 7) is 5.34. The molecular weight excluding hydrogens is 166 g/mol. The molecule has 1 heterocycles. The van der Waals surface area contributed by atoms with Gasteiger partial charge in [0.1, 0.15) is 0 Å². The molecule has 1 N–H and O–H groups in total. The summed E-state index contributed by atoms with van der Waals surface area (Å²) in [4.78, 5) is 18.9. The summed E-state index contributed by atoms with van der Waals surface area (Å²) in [5.41, 5.74) is 0.960. The number of hydrogen-bond donors (Lipinski definition) is 1. The van der Waals surface area contributed by atoms with Gasteiger partial charge in [0, 0.05) is 18.8 Å². The summed E-state index contributed by atoms with van der Waals surface area (Å²) in [6.07, 6.45) is 5.10. The summed E-state index contributed by atoms with van der Waals surface area (Å²) >= 11 is 0. The number of nitrogens with one attached hydrogen (secondary N) is 1. The van der Waals surface area contributed by atoms with E-state index in [1.54, 1.807) is 12.4 Å². The molecule has 0 spiro atoms. The Morgan fingerprint density at radius 1 is 1.62 bits per heavy atom. The van der Waals surface area contributed by atoms with Gasteiger partial charge in [-0.2, -0.15) is 0 Å². The van der Waals surface area contributed by atoms with Crippen molar-refractivity contribution < 1.29 is 4.79 Å². The van der Waals surface area contributed by atoms with E-state index in [1.807, 2.05) is 6.92 Å². The van der Waals surface area contributed by atoms with Crippen molar-refractivity contribution in [1.82, 2.24) is 9.97 Å². The third-order valence-corrected chi connectivity index (χ3v) is 1.36. The minimum absolute atomic E-state index is 0.154. The van der Waals surface area contributed by atoms with Gasteiger partial charge < -0.3 is 0 Å². The van der Waals surface area contributed by atoms with Gasteiger partial charge in [-0.05, 0) is 12.5 Å². The Bertz CT molecular complexity index is 305. The van der Waals surface area contributed by atoms with Crippen LogP contribution < -0.4 is 5.32 Å². The van der Waals surface area contributed by atoms with E-state index in [4.69, 9.17) is 0 Å². The van der Waals surface area contributed by atoms with Crippen LogP contribution in [0.5, 0.6) is 0 Å². The molecule has 0 aliphatic rings. The van der Waals surface area contributed by atoms with Gasteiger partial charge in [0.05, 0.1) is 0 Å². The van der Waals surface area contributed by atoms with Crippen LogP contribution in [0.3, 0.4) is 0 Å². The highest BCUT2D eigenvalue weighted by Crippen LogP contribution is 1.98. The standard InChI is InChI=1S/C9H11N3O/c1-3-4-8(13)12-9-10-5-7(2)6-11-9/h3,5-6H,1,4H2,2H3,(H,10,11,12,13). The van der Waals surface area contributed by atoms with Crippen molar-refractivity contribution in [3.63, 3.8) is 0 Å². The van der Waals surface area contributed by atoms with Crippen LogP contribution in [0.15, 0.2) is 25.0 Å². The number of carbonyl (C=O) groups is 1. The first kappa shape index (κ1) is 9.38. The molecule has 0 aliphatic heterocycles. The Balaban J connectivity index is 2.59. The fraction of sp³-hybridized carbons (Fsp3) is 0.222. The highest BCUT2D eigenvalue weighted by atomic mass is 16.1. The Labute approximate surface area is 76.7 Å². The number of aromatic nitrogens is 2. The van der Waals surface area contributed by atoms with Gasteiger partial charge in [-0.15, -0.1) is 6.58 Å². The number of rotatable bonds is 3. The fourth-order valence-corrected chi connectivity index (χ4v) is 0.764. The Kier molecular flexibility index (Phi) is 3.14. The molecule has 0 atom stereocenters. The topological polar surface area (TPSA) is 54.9 Å². The van der Waals surface area contributed by atoms with Gasteiger partial charge in [-0.1, -0.05) is 6.08 Å². The van der Waals surface area contributed by atoms with Crippen molar-refractivity contribution in [2.45, 2.75) is 13.3 Å². The molecule has 1 rings (SSSR count). The summed E-state index contributed by atoms with van der Waals surface area (Å²) in [5.74, 6) is 0.177. The van der Waals surface area contributed by atoms with Gasteiger partial charge in [0.25, 0.3) is 0 Å². The number of nitrogens with zero attached hydrogens (tertiary/aromatic N) is 2. The number of hydrogen-bond acceptors (Lipinski definition) is 3. The SMILES string of the molecule is C=CCC(=O)Nc1ncc(C)cn1. The van der Waals surface area contributed by atoms with E-state index in [9.17, 15) is 4.79 Å². The van der Waals surface area contributed by atoms with E-state index in [2.05, 4.69) is 21.9 Å². The van der Waals surface area contributed by atoms with Crippen molar-refractivity contribution in [3.8, 4) is 0 Å². The second kappa shape index (κ2) is 4.35. The zero-order valence-corrected chi connectivity index (χ0v) is 7.45. The predicted octanol–water partition coefficient (Wildman–Crippen LogP) is 1.30. The number of carbonyl (C=O) groups excluding carboxylic acids is 1. The molecule has 0 aliphatic carbocycles. The molecule has 0 fully saturated rings. The van der Waals surface area contributed by atoms with Crippen LogP contribution in [0, 0.1) is 6.92 Å². The Morgan fingerprint density at radius 2 is 2.23 bits per heavy atom. The lowest BCUT2D eigenvalue weighted by molar-refractivity contribution is -0.115. The highest BCUT2D eigenvalue weighted by Gasteiger charge is 2.00. The lowest BCUT2D eigenvalue weighted by atomic mass is 10.4. The van der Waals surface area contributed by atoms with Crippen molar-refractivity contribution >= 4 is 11.9 Å². The number of aryl methyl sites for hydroxylation is 1. The summed E-state index contributed by atoms with van der Waals surface area (Å²) in [5, 5.41) is 2.54. The zero-order valence-electron chi connectivity index (χ0n) is 7.45. The maximum Gasteiger partial charge on any atom is 0.230 e. The van der Waals surface area contributed by atoms with Crippen LogP contribution in [0.25, 0.3) is 0 Å². The second-order valence-electron chi connectivity index (χ2n) is 2.62. The average molecular weight is 177 g/mol. The average Bonchev–Trinajstić information content (AvgIpc) is 2.09. The van der Waals surface area contributed by atoms with Gasteiger partial charge in [-0.3, -0.25) is 10.1 Å². The molecule has 0 unspecified atom stereocenters. The van der Waals surface area contributed by atoms with Crippen LogP contribution in [-0.4, -0.2) is 15.9 Å². The first-order valence-corrected chi connectivity index (χ1v) is 3.92. The molecular formula is C9H11N3O. The van der Waals surface area contributed by atoms with Gasteiger partial charge in [0.15, 0.2) is 0 Å². The van der Waals surface area contributed by atoms with Crippen molar-refractivity contribution in [3.05, 3.63) is 30.6 Å². The van der Waals surface area contributed by atoms with Crippen LogP contribution in [0.1, 0.15) is 12.0 Å². The van der Waals surface area contributed by atoms with Crippen molar-refractivity contribution in [2.75, 3.05) is 5.32 Å². The normalized spacial score (nSPS) is 9.31. The fourth-order valence-electron chi connectivity index (χ4n) is 0.764. The predicted molar refractivity (Wildman–Crippen MR) is 50.2 cm³/mol. The molecule has 13 heavy (non-hydrogen) atoms. The van der Waals surface area contributed by atoms with Crippen LogP contribution in [0.2, 0.25) is 0 Å². The highest BCUT2D eigenvalue weighted by molar-refractivity contribution is 5.89.